The lowest BCUT2D eigenvalue weighted by atomic mass is 10.2. The van der Waals surface area contributed by atoms with E-state index >= 15 is 0 Å². The van der Waals surface area contributed by atoms with Gasteiger partial charge in [0, 0.05) is 17.2 Å². The van der Waals surface area contributed by atoms with Crippen LogP contribution in [-0.2, 0) is 6.54 Å². The molecule has 4 heteroatoms. The molecule has 0 bridgehead atoms. The van der Waals surface area contributed by atoms with Crippen molar-refractivity contribution in [3.63, 3.8) is 0 Å². The molecular weight excluding hydrogens is 290 g/mol. The molecule has 18 heavy (non-hydrogen) atoms. The van der Waals surface area contributed by atoms with Gasteiger partial charge in [0.2, 0.25) is 0 Å². The van der Waals surface area contributed by atoms with E-state index in [2.05, 4.69) is 64.5 Å². The predicted octanol–water partition coefficient (Wildman–Crippen LogP) is 3.44. The topological polar surface area (TPSA) is 29.9 Å². The number of hydrogen-bond acceptors (Lipinski definition) is 2. The molecule has 1 aromatic carbocycles. The summed E-state index contributed by atoms with van der Waals surface area (Å²) in [5, 5.41) is 7.93. The van der Waals surface area contributed by atoms with Gasteiger partial charge in [-0.15, -0.1) is 0 Å². The van der Waals surface area contributed by atoms with E-state index < -0.39 is 0 Å². The Morgan fingerprint density at radius 1 is 1.33 bits per heavy atom. The molecule has 0 saturated heterocycles. The van der Waals surface area contributed by atoms with Gasteiger partial charge in [0.25, 0.3) is 0 Å². The molecule has 0 atom stereocenters. The van der Waals surface area contributed by atoms with Crippen LogP contribution in [-0.4, -0.2) is 16.3 Å². The fourth-order valence-electron chi connectivity index (χ4n) is 1.78. The van der Waals surface area contributed by atoms with E-state index in [1.54, 1.807) is 0 Å². The molecule has 1 heterocycles. The lowest BCUT2D eigenvalue weighted by Gasteiger charge is -2.05. The van der Waals surface area contributed by atoms with Gasteiger partial charge < -0.3 is 5.32 Å². The normalized spacial score (nSPS) is 10.8. The van der Waals surface area contributed by atoms with Crippen LogP contribution in [0.25, 0.3) is 5.69 Å². The van der Waals surface area contributed by atoms with Gasteiger partial charge in [-0.3, -0.25) is 0 Å². The largest absolute Gasteiger partial charge is 0.311 e. The van der Waals surface area contributed by atoms with E-state index in [1.165, 1.54) is 5.56 Å². The fraction of sp³-hybridized carbons (Fsp3) is 0.357. The number of rotatable bonds is 5. The SMILES string of the molecule is CCCNCc1ccn(-c2cc(C)ccc2Br)n1. The first-order valence-electron chi connectivity index (χ1n) is 6.22. The highest BCUT2D eigenvalue weighted by atomic mass is 79.9. The summed E-state index contributed by atoms with van der Waals surface area (Å²) in [6, 6.07) is 8.32. The summed E-state index contributed by atoms with van der Waals surface area (Å²) < 4.78 is 2.98. The summed E-state index contributed by atoms with van der Waals surface area (Å²) in [7, 11) is 0. The average Bonchev–Trinajstić information content (AvgIpc) is 2.81. The van der Waals surface area contributed by atoms with Crippen LogP contribution in [0.2, 0.25) is 0 Å². The maximum Gasteiger partial charge on any atom is 0.0790 e. The van der Waals surface area contributed by atoms with E-state index in [0.717, 1.165) is 35.4 Å². The summed E-state index contributed by atoms with van der Waals surface area (Å²) in [6.45, 7) is 6.10. The van der Waals surface area contributed by atoms with E-state index in [9.17, 15) is 0 Å². The lowest BCUT2D eigenvalue weighted by Crippen LogP contribution is -2.14. The van der Waals surface area contributed by atoms with Crippen molar-refractivity contribution in [1.82, 2.24) is 15.1 Å². The number of aryl methyl sites for hydroxylation is 1. The maximum atomic E-state index is 4.58. The second-order valence-corrected chi connectivity index (χ2v) is 5.24. The van der Waals surface area contributed by atoms with Crippen molar-refractivity contribution in [3.05, 3.63) is 46.2 Å². The second kappa shape index (κ2) is 6.16. The summed E-state index contributed by atoms with van der Waals surface area (Å²) in [4.78, 5) is 0. The van der Waals surface area contributed by atoms with Crippen LogP contribution in [0, 0.1) is 6.92 Å². The summed E-state index contributed by atoms with van der Waals surface area (Å²) in [5.41, 5.74) is 3.38. The first-order valence-corrected chi connectivity index (χ1v) is 7.02. The highest BCUT2D eigenvalue weighted by Crippen LogP contribution is 2.21. The molecule has 2 aromatic rings. The van der Waals surface area contributed by atoms with Gasteiger partial charge in [0.15, 0.2) is 0 Å². The molecule has 0 unspecified atom stereocenters. The molecule has 0 amide bonds. The van der Waals surface area contributed by atoms with E-state index in [4.69, 9.17) is 0 Å². The summed E-state index contributed by atoms with van der Waals surface area (Å²) in [6.07, 6.45) is 3.15. The van der Waals surface area contributed by atoms with Gasteiger partial charge in [0.1, 0.15) is 0 Å². The minimum atomic E-state index is 0.824. The Morgan fingerprint density at radius 2 is 2.17 bits per heavy atom. The van der Waals surface area contributed by atoms with Crippen molar-refractivity contribution in [1.29, 1.82) is 0 Å². The first-order chi connectivity index (χ1) is 8.70. The van der Waals surface area contributed by atoms with E-state index in [1.807, 2.05) is 10.9 Å². The zero-order valence-electron chi connectivity index (χ0n) is 10.8. The van der Waals surface area contributed by atoms with Crippen LogP contribution in [0.4, 0.5) is 0 Å². The van der Waals surface area contributed by atoms with Gasteiger partial charge in [-0.2, -0.15) is 5.10 Å². The lowest BCUT2D eigenvalue weighted by molar-refractivity contribution is 0.656. The monoisotopic (exact) mass is 307 g/mol. The van der Waals surface area contributed by atoms with E-state index in [-0.39, 0.29) is 0 Å². The van der Waals surface area contributed by atoms with Crippen LogP contribution in [0.1, 0.15) is 24.6 Å². The van der Waals surface area contributed by atoms with Crippen molar-refractivity contribution >= 4 is 15.9 Å². The quantitative estimate of drug-likeness (QED) is 0.858. The van der Waals surface area contributed by atoms with E-state index in [0.29, 0.717) is 0 Å². The predicted molar refractivity (Wildman–Crippen MR) is 78.0 cm³/mol. The van der Waals surface area contributed by atoms with Gasteiger partial charge in [-0.1, -0.05) is 13.0 Å². The van der Waals surface area contributed by atoms with Gasteiger partial charge in [-0.25, -0.2) is 4.68 Å². The van der Waals surface area contributed by atoms with Crippen molar-refractivity contribution in [3.8, 4) is 5.69 Å². The molecular formula is C14H18BrN3. The minimum Gasteiger partial charge on any atom is -0.311 e. The van der Waals surface area contributed by atoms with Crippen molar-refractivity contribution < 1.29 is 0 Å². The second-order valence-electron chi connectivity index (χ2n) is 4.38. The first kappa shape index (κ1) is 13.3. The van der Waals surface area contributed by atoms with Crippen LogP contribution >= 0.6 is 15.9 Å². The number of nitrogens with one attached hydrogen (secondary N) is 1. The molecule has 3 nitrogen and oxygen atoms in total. The number of aromatic nitrogens is 2. The van der Waals surface area contributed by atoms with Crippen LogP contribution in [0.15, 0.2) is 34.9 Å². The molecule has 0 saturated carbocycles. The zero-order chi connectivity index (χ0) is 13.0. The van der Waals surface area contributed by atoms with Crippen molar-refractivity contribution in [2.45, 2.75) is 26.8 Å². The molecule has 0 fully saturated rings. The zero-order valence-corrected chi connectivity index (χ0v) is 12.4. The minimum absolute atomic E-state index is 0.824. The molecule has 2 rings (SSSR count). The molecule has 0 spiro atoms. The van der Waals surface area contributed by atoms with Crippen LogP contribution in [0.5, 0.6) is 0 Å². The summed E-state index contributed by atoms with van der Waals surface area (Å²) >= 11 is 3.56. The Morgan fingerprint density at radius 3 is 2.94 bits per heavy atom. The molecule has 1 N–H and O–H groups in total. The molecule has 0 radical (unpaired) electrons. The van der Waals surface area contributed by atoms with Crippen molar-refractivity contribution in [2.24, 2.45) is 0 Å². The molecule has 0 aliphatic rings. The Balaban J connectivity index is 2.16. The smallest absolute Gasteiger partial charge is 0.0790 e. The average molecular weight is 308 g/mol. The van der Waals surface area contributed by atoms with Gasteiger partial charge in [0.05, 0.1) is 11.4 Å². The third-order valence-electron chi connectivity index (χ3n) is 2.73. The molecule has 0 aliphatic carbocycles. The van der Waals surface area contributed by atoms with Gasteiger partial charge >= 0.3 is 0 Å². The Hall–Kier alpha value is -1.13. The Kier molecular flexibility index (Phi) is 4.55. The standard InChI is InChI=1S/C14H18BrN3/c1-3-7-16-10-12-6-8-18(17-12)14-9-11(2)4-5-13(14)15/h4-6,8-9,16H,3,7,10H2,1-2H3. The Bertz CT molecular complexity index is 520. The molecule has 0 aliphatic heterocycles. The third-order valence-corrected chi connectivity index (χ3v) is 3.40. The van der Waals surface area contributed by atoms with Crippen molar-refractivity contribution in [2.75, 3.05) is 6.54 Å². The summed E-state index contributed by atoms with van der Waals surface area (Å²) in [5.74, 6) is 0. The van der Waals surface area contributed by atoms with Crippen LogP contribution in [0.3, 0.4) is 0 Å². The number of halogens is 1. The number of nitrogens with zero attached hydrogens (tertiary/aromatic N) is 2. The van der Waals surface area contributed by atoms with Gasteiger partial charge in [-0.05, 0) is 59.6 Å². The molecule has 1 aromatic heterocycles. The fourth-order valence-corrected chi connectivity index (χ4v) is 2.21. The Labute approximate surface area is 116 Å². The molecule has 96 valence electrons. The number of benzene rings is 1. The third kappa shape index (κ3) is 3.21. The highest BCUT2D eigenvalue weighted by molar-refractivity contribution is 9.10. The maximum absolute atomic E-state index is 4.58. The number of hydrogen-bond donors (Lipinski definition) is 1. The van der Waals surface area contributed by atoms with Crippen LogP contribution < -0.4 is 5.32 Å². The highest BCUT2D eigenvalue weighted by Gasteiger charge is 2.05.